The van der Waals surface area contributed by atoms with Gasteiger partial charge < -0.3 is 14.3 Å². The summed E-state index contributed by atoms with van der Waals surface area (Å²) >= 11 is 5.80. The first-order valence-electron chi connectivity index (χ1n) is 13.0. The number of benzene rings is 2. The second-order valence-electron chi connectivity index (χ2n) is 9.63. The molecule has 1 N–H and O–H groups in total. The van der Waals surface area contributed by atoms with E-state index in [1.807, 2.05) is 0 Å². The SMILES string of the molecule is C=C/C=C(\C=C(/CCl)OC(F)F)c1nc(C)oc1-c1cc(-c2cc(F)c(CO)c(S(C)(=O)=O)c2)ccc1-n1ccc(C(F)(F)F)n1. The largest absolute Gasteiger partial charge is 0.440 e. The Morgan fingerprint density at radius 3 is 2.48 bits per heavy atom. The van der Waals surface area contributed by atoms with Crippen LogP contribution >= 0.6 is 11.6 Å². The van der Waals surface area contributed by atoms with E-state index in [0.717, 1.165) is 41.4 Å². The maximum Gasteiger partial charge on any atom is 0.435 e. The number of hydrogen-bond acceptors (Lipinski definition) is 7. The predicted octanol–water partition coefficient (Wildman–Crippen LogP) is 7.49. The third kappa shape index (κ3) is 7.54. The lowest BCUT2D eigenvalue weighted by Crippen LogP contribution is -2.08. The van der Waals surface area contributed by atoms with Gasteiger partial charge in [-0.05, 0) is 47.5 Å². The number of allylic oxidation sites excluding steroid dienone is 5. The minimum Gasteiger partial charge on any atom is -0.440 e. The molecule has 0 bridgehead atoms. The van der Waals surface area contributed by atoms with Crippen LogP contribution in [0.4, 0.5) is 26.3 Å². The van der Waals surface area contributed by atoms with Crippen molar-refractivity contribution in [3.05, 3.63) is 102 Å². The molecule has 0 spiro atoms. The van der Waals surface area contributed by atoms with Gasteiger partial charge in [0.2, 0.25) is 0 Å². The molecule has 0 atom stereocenters. The molecule has 8 nitrogen and oxygen atoms in total. The van der Waals surface area contributed by atoms with Crippen molar-refractivity contribution >= 4 is 27.0 Å². The summed E-state index contributed by atoms with van der Waals surface area (Å²) in [6.45, 7) is 0.977. The monoisotopic (exact) mass is 687 g/mol. The molecule has 0 aliphatic heterocycles. The Hall–Kier alpha value is -4.34. The number of ether oxygens (including phenoxy) is 1. The quantitative estimate of drug-likeness (QED) is 0.0754. The van der Waals surface area contributed by atoms with Crippen molar-refractivity contribution in [2.75, 3.05) is 12.1 Å². The Balaban J connectivity index is 2.04. The topological polar surface area (TPSA) is 107 Å². The van der Waals surface area contributed by atoms with Crippen molar-refractivity contribution in [3.63, 3.8) is 0 Å². The van der Waals surface area contributed by atoms with E-state index in [1.165, 1.54) is 37.3 Å². The fourth-order valence-electron chi connectivity index (χ4n) is 4.49. The highest BCUT2D eigenvalue weighted by Gasteiger charge is 2.34. The van der Waals surface area contributed by atoms with E-state index < -0.39 is 57.1 Å². The van der Waals surface area contributed by atoms with Gasteiger partial charge in [-0.15, -0.1) is 11.6 Å². The second kappa shape index (κ2) is 13.6. The zero-order valence-electron chi connectivity index (χ0n) is 23.9. The maximum absolute atomic E-state index is 15.0. The zero-order chi connectivity index (χ0) is 34.0. The molecule has 0 amide bonds. The maximum atomic E-state index is 15.0. The first-order valence-corrected chi connectivity index (χ1v) is 15.4. The third-order valence-corrected chi connectivity index (χ3v) is 7.83. The van der Waals surface area contributed by atoms with Crippen LogP contribution in [0.3, 0.4) is 0 Å². The van der Waals surface area contributed by atoms with E-state index in [9.17, 15) is 35.5 Å². The molecule has 0 aliphatic rings. The summed E-state index contributed by atoms with van der Waals surface area (Å²) in [6, 6.07) is 6.98. The molecule has 4 rings (SSSR count). The van der Waals surface area contributed by atoms with Crippen LogP contribution in [0.1, 0.15) is 22.8 Å². The summed E-state index contributed by atoms with van der Waals surface area (Å²) in [5.74, 6) is -1.85. The van der Waals surface area contributed by atoms with Crippen molar-refractivity contribution < 1.29 is 49.0 Å². The smallest absolute Gasteiger partial charge is 0.435 e. The summed E-state index contributed by atoms with van der Waals surface area (Å²) in [6.07, 6.45) is 0.953. The Kier molecular flexibility index (Phi) is 10.2. The van der Waals surface area contributed by atoms with E-state index in [4.69, 9.17) is 16.0 Å². The van der Waals surface area contributed by atoms with Crippen molar-refractivity contribution in [2.24, 2.45) is 0 Å². The normalized spacial score (nSPS) is 13.0. The summed E-state index contributed by atoms with van der Waals surface area (Å²) in [7, 11) is -4.02. The van der Waals surface area contributed by atoms with E-state index in [0.29, 0.717) is 0 Å². The van der Waals surface area contributed by atoms with Gasteiger partial charge >= 0.3 is 12.8 Å². The Bertz CT molecular complexity index is 1950. The van der Waals surface area contributed by atoms with Crippen LogP contribution in [0, 0.1) is 12.7 Å². The van der Waals surface area contributed by atoms with Gasteiger partial charge in [-0.1, -0.05) is 24.8 Å². The van der Waals surface area contributed by atoms with Gasteiger partial charge in [-0.2, -0.15) is 27.1 Å². The number of sulfone groups is 1. The zero-order valence-corrected chi connectivity index (χ0v) is 25.5. The van der Waals surface area contributed by atoms with Gasteiger partial charge in [0.25, 0.3) is 0 Å². The number of halogens is 7. The molecule has 0 aliphatic carbocycles. The molecule has 46 heavy (non-hydrogen) atoms. The second-order valence-corrected chi connectivity index (χ2v) is 11.9. The van der Waals surface area contributed by atoms with Crippen LogP contribution in [-0.2, 0) is 27.4 Å². The van der Waals surface area contributed by atoms with Gasteiger partial charge in [0.15, 0.2) is 27.2 Å². The summed E-state index contributed by atoms with van der Waals surface area (Å²) in [5.41, 5.74) is -1.24. The number of nitrogens with zero attached hydrogens (tertiary/aromatic N) is 3. The molecule has 2 aromatic heterocycles. The van der Waals surface area contributed by atoms with Gasteiger partial charge in [0.05, 0.1) is 23.1 Å². The van der Waals surface area contributed by atoms with Crippen LogP contribution in [0.25, 0.3) is 33.7 Å². The fraction of sp³-hybridized carbons (Fsp3) is 0.200. The van der Waals surface area contributed by atoms with E-state index in [2.05, 4.69) is 21.4 Å². The van der Waals surface area contributed by atoms with E-state index in [-0.39, 0.29) is 51.1 Å². The number of aliphatic hydroxyl groups excluding tert-OH is 1. The molecule has 0 unspecified atom stereocenters. The molecule has 244 valence electrons. The van der Waals surface area contributed by atoms with Gasteiger partial charge in [0.1, 0.15) is 17.3 Å². The van der Waals surface area contributed by atoms with Crippen LogP contribution in [0.5, 0.6) is 0 Å². The highest BCUT2D eigenvalue weighted by atomic mass is 35.5. The number of aryl methyl sites for hydroxylation is 1. The number of alkyl halides is 6. The summed E-state index contributed by atoms with van der Waals surface area (Å²) < 4.78 is 118. The first-order chi connectivity index (χ1) is 21.6. The molecule has 0 saturated heterocycles. The van der Waals surface area contributed by atoms with Crippen LogP contribution in [0.2, 0.25) is 0 Å². The lowest BCUT2D eigenvalue weighted by atomic mass is 9.97. The minimum absolute atomic E-state index is 0.0121. The molecule has 2 aromatic carbocycles. The van der Waals surface area contributed by atoms with Crippen LogP contribution in [0.15, 0.2) is 82.5 Å². The Morgan fingerprint density at radius 2 is 1.91 bits per heavy atom. The lowest BCUT2D eigenvalue weighted by molar-refractivity contribution is -0.141. The molecule has 0 saturated carbocycles. The van der Waals surface area contributed by atoms with Crippen molar-refractivity contribution in [3.8, 4) is 28.1 Å². The Morgan fingerprint density at radius 1 is 1.20 bits per heavy atom. The number of aromatic nitrogens is 3. The van der Waals surface area contributed by atoms with E-state index in [1.54, 1.807) is 0 Å². The molecule has 2 heterocycles. The highest BCUT2D eigenvalue weighted by molar-refractivity contribution is 7.90. The molecular weight excluding hydrogens is 664 g/mol. The number of hydrogen-bond donors (Lipinski definition) is 1. The average Bonchev–Trinajstić information content (AvgIpc) is 3.62. The summed E-state index contributed by atoms with van der Waals surface area (Å²) in [4.78, 5) is 3.88. The number of oxazole rings is 1. The average molecular weight is 688 g/mol. The van der Waals surface area contributed by atoms with Gasteiger partial charge in [-0.25, -0.2) is 22.5 Å². The molecule has 0 radical (unpaired) electrons. The van der Waals surface area contributed by atoms with Crippen molar-refractivity contribution in [1.29, 1.82) is 0 Å². The number of aliphatic hydroxyl groups is 1. The van der Waals surface area contributed by atoms with Crippen LogP contribution in [-0.4, -0.2) is 47.0 Å². The van der Waals surface area contributed by atoms with Gasteiger partial charge in [0, 0.05) is 36.1 Å². The number of rotatable bonds is 11. The molecule has 16 heteroatoms. The van der Waals surface area contributed by atoms with Crippen molar-refractivity contribution in [2.45, 2.75) is 31.2 Å². The fourth-order valence-corrected chi connectivity index (χ4v) is 5.58. The molecule has 4 aromatic rings. The lowest BCUT2D eigenvalue weighted by Gasteiger charge is -2.14. The van der Waals surface area contributed by atoms with E-state index >= 15 is 4.39 Å². The summed E-state index contributed by atoms with van der Waals surface area (Å²) in [5, 5.41) is 13.2. The third-order valence-electron chi connectivity index (χ3n) is 6.41. The molecule has 0 fully saturated rings. The minimum atomic E-state index is -4.78. The Labute approximate surface area is 263 Å². The highest BCUT2D eigenvalue weighted by Crippen LogP contribution is 2.39. The van der Waals surface area contributed by atoms with Crippen molar-refractivity contribution in [1.82, 2.24) is 14.8 Å². The van der Waals surface area contributed by atoms with Gasteiger partial charge in [-0.3, -0.25) is 0 Å². The van der Waals surface area contributed by atoms with Crippen LogP contribution < -0.4 is 0 Å². The predicted molar refractivity (Wildman–Crippen MR) is 157 cm³/mol. The standard InChI is InChI=1S/C30H24ClF6N3O5S/c1-4-5-18(10-20(14-31)45-29(33)34)27-28(44-16(2)38-27)21-11-17(6-7-24(21)40-9-8-26(39-40)30(35,36)37)19-12-23(32)22(15-41)25(13-19)46(3,42)43/h4-13,29,41H,1,14-15H2,2-3H3/b18-5+,20-10+. The first kappa shape index (κ1) is 34.5. The molecular formula is C30H24ClF6N3O5S.